The van der Waals surface area contributed by atoms with Crippen molar-refractivity contribution in [1.82, 2.24) is 14.7 Å². The summed E-state index contributed by atoms with van der Waals surface area (Å²) in [6, 6.07) is 17.7. The average molecular weight is 604 g/mol. The second-order valence-electron chi connectivity index (χ2n) is 14.2. The van der Waals surface area contributed by atoms with E-state index in [1.807, 2.05) is 52.0 Å². The van der Waals surface area contributed by atoms with Crippen LogP contribution in [0.2, 0.25) is 18.1 Å². The molecule has 2 aromatic carbocycles. The number of likely N-dealkylation sites (tertiary alicyclic amines) is 1. The number of aromatic nitrogens is 2. The van der Waals surface area contributed by atoms with Crippen molar-refractivity contribution in [3.8, 4) is 11.4 Å². The van der Waals surface area contributed by atoms with E-state index in [1.165, 1.54) is 5.56 Å². The SMILES string of the molecule is Cc1ccc(-n2nccc2CC2(O)CCN(C(=O)c3ccc(OC4CCC(O[Si](C)(C)C(C)(C)C)CC4)cc3)CC2)cc1. The maximum atomic E-state index is 13.3. The number of nitrogens with zero attached hydrogens (tertiary/aromatic N) is 3. The van der Waals surface area contributed by atoms with E-state index in [9.17, 15) is 9.90 Å². The standard InChI is InChI=1S/C35H49N3O4Si/c1-26-7-11-28(12-8-26)38-29(19-22-36-38)25-35(40)20-23-37(24-21-35)33(39)27-9-13-30(14-10-27)41-31-15-17-32(18-16-31)42-43(5,6)34(2,3)4/h7-14,19,22,31-32,40H,15-18,20-21,23-25H2,1-6H3. The number of aliphatic hydroxyl groups is 1. The van der Waals surface area contributed by atoms with Gasteiger partial charge in [-0.05, 0) is 106 Å². The number of aryl methyl sites for hydroxylation is 1. The van der Waals surface area contributed by atoms with E-state index in [4.69, 9.17) is 9.16 Å². The first-order chi connectivity index (χ1) is 20.3. The number of rotatable bonds is 8. The van der Waals surface area contributed by atoms with Gasteiger partial charge in [-0.3, -0.25) is 4.79 Å². The second-order valence-corrected chi connectivity index (χ2v) is 18.9. The van der Waals surface area contributed by atoms with E-state index >= 15 is 0 Å². The molecular weight excluding hydrogens is 554 g/mol. The van der Waals surface area contributed by atoms with Crippen LogP contribution in [-0.4, -0.2) is 64.9 Å². The monoisotopic (exact) mass is 603 g/mol. The molecule has 1 saturated heterocycles. The molecule has 7 nitrogen and oxygen atoms in total. The number of hydrogen-bond donors (Lipinski definition) is 1. The van der Waals surface area contributed by atoms with Gasteiger partial charge in [-0.1, -0.05) is 38.5 Å². The van der Waals surface area contributed by atoms with Crippen LogP contribution in [0.25, 0.3) is 5.69 Å². The lowest BCUT2D eigenvalue weighted by Gasteiger charge is -2.41. The third kappa shape index (κ3) is 7.59. The quantitative estimate of drug-likeness (QED) is 0.278. The molecule has 2 heterocycles. The molecule has 5 rings (SSSR count). The van der Waals surface area contributed by atoms with Crippen molar-refractivity contribution in [1.29, 1.82) is 0 Å². The van der Waals surface area contributed by atoms with Crippen molar-refractivity contribution in [3.05, 3.63) is 77.6 Å². The molecule has 2 aliphatic rings. The van der Waals surface area contributed by atoms with Crippen LogP contribution in [0.4, 0.5) is 0 Å². The van der Waals surface area contributed by atoms with Gasteiger partial charge in [0, 0.05) is 43.1 Å². The molecule has 2 fully saturated rings. The van der Waals surface area contributed by atoms with E-state index in [0.29, 0.717) is 44.0 Å². The van der Waals surface area contributed by atoms with Crippen LogP contribution in [0.15, 0.2) is 60.8 Å². The summed E-state index contributed by atoms with van der Waals surface area (Å²) in [4.78, 5) is 15.1. The summed E-state index contributed by atoms with van der Waals surface area (Å²) in [5.74, 6) is 0.810. The van der Waals surface area contributed by atoms with E-state index in [-0.39, 0.29) is 17.0 Å². The lowest BCUT2D eigenvalue weighted by atomic mass is 9.86. The van der Waals surface area contributed by atoms with Crippen molar-refractivity contribution < 1.29 is 19.1 Å². The summed E-state index contributed by atoms with van der Waals surface area (Å²) in [5, 5.41) is 16.1. The van der Waals surface area contributed by atoms with E-state index < -0.39 is 13.9 Å². The third-order valence-electron chi connectivity index (χ3n) is 9.78. The molecule has 1 amide bonds. The Balaban J connectivity index is 1.10. The lowest BCUT2D eigenvalue weighted by Crippen LogP contribution is -2.48. The first kappa shape index (κ1) is 31.5. The molecule has 3 aromatic rings. The number of benzene rings is 2. The summed E-state index contributed by atoms with van der Waals surface area (Å²) in [6.07, 6.45) is 7.89. The van der Waals surface area contributed by atoms with Crippen LogP contribution < -0.4 is 4.74 Å². The molecule has 0 bridgehead atoms. The van der Waals surface area contributed by atoms with Gasteiger partial charge in [0.25, 0.3) is 5.91 Å². The van der Waals surface area contributed by atoms with Gasteiger partial charge in [0.2, 0.25) is 0 Å². The minimum atomic E-state index is -1.75. The first-order valence-corrected chi connectivity index (χ1v) is 18.8. The van der Waals surface area contributed by atoms with Gasteiger partial charge >= 0.3 is 0 Å². The van der Waals surface area contributed by atoms with Gasteiger partial charge in [-0.25, -0.2) is 4.68 Å². The Morgan fingerprint density at radius 2 is 1.56 bits per heavy atom. The van der Waals surface area contributed by atoms with Crippen molar-refractivity contribution in [3.63, 3.8) is 0 Å². The maximum Gasteiger partial charge on any atom is 0.253 e. The van der Waals surface area contributed by atoms with Crippen molar-refractivity contribution in [2.45, 2.75) is 109 Å². The number of ether oxygens (including phenoxy) is 1. The Kier molecular flexibility index (Phi) is 9.21. The Labute approximate surface area is 258 Å². The van der Waals surface area contributed by atoms with Gasteiger partial charge in [0.1, 0.15) is 5.75 Å². The Morgan fingerprint density at radius 3 is 2.16 bits per heavy atom. The van der Waals surface area contributed by atoms with Crippen LogP contribution >= 0.6 is 0 Å². The lowest BCUT2D eigenvalue weighted by molar-refractivity contribution is -0.0172. The molecule has 1 N–H and O–H groups in total. The number of carbonyl (C=O) groups excluding carboxylic acids is 1. The normalized spacial score (nSPS) is 21.0. The fourth-order valence-corrected chi connectivity index (χ4v) is 7.36. The predicted octanol–water partition coefficient (Wildman–Crippen LogP) is 7.10. The number of amides is 1. The number of hydrogen-bond acceptors (Lipinski definition) is 5. The average Bonchev–Trinajstić information content (AvgIpc) is 3.41. The molecule has 1 saturated carbocycles. The summed E-state index contributed by atoms with van der Waals surface area (Å²) in [5.41, 5.74) is 2.93. The molecule has 1 aromatic heterocycles. The molecule has 1 aliphatic heterocycles. The van der Waals surface area contributed by atoms with E-state index in [0.717, 1.165) is 42.8 Å². The van der Waals surface area contributed by atoms with E-state index in [2.05, 4.69) is 58.0 Å². The molecule has 0 radical (unpaired) electrons. The van der Waals surface area contributed by atoms with Crippen molar-refractivity contribution in [2.75, 3.05) is 13.1 Å². The van der Waals surface area contributed by atoms with Crippen LogP contribution in [0, 0.1) is 6.92 Å². The highest BCUT2D eigenvalue weighted by Crippen LogP contribution is 2.39. The highest BCUT2D eigenvalue weighted by molar-refractivity contribution is 6.74. The zero-order valence-electron chi connectivity index (χ0n) is 26.8. The Morgan fingerprint density at radius 1 is 0.953 bits per heavy atom. The Bertz CT molecular complexity index is 1360. The first-order valence-electron chi connectivity index (χ1n) is 15.9. The van der Waals surface area contributed by atoms with Gasteiger partial charge < -0.3 is 19.2 Å². The highest BCUT2D eigenvalue weighted by Gasteiger charge is 2.40. The van der Waals surface area contributed by atoms with Crippen LogP contribution in [0.1, 0.15) is 80.9 Å². The molecule has 1 aliphatic carbocycles. The Hall–Kier alpha value is -2.94. The molecule has 43 heavy (non-hydrogen) atoms. The predicted molar refractivity (Wildman–Crippen MR) is 173 cm³/mol. The van der Waals surface area contributed by atoms with Crippen LogP contribution in [-0.2, 0) is 10.8 Å². The topological polar surface area (TPSA) is 76.8 Å². The highest BCUT2D eigenvalue weighted by atomic mass is 28.4. The number of piperidine rings is 1. The molecule has 0 spiro atoms. The zero-order valence-corrected chi connectivity index (χ0v) is 27.8. The molecule has 0 atom stereocenters. The molecule has 0 unspecified atom stereocenters. The van der Waals surface area contributed by atoms with Gasteiger partial charge in [0.15, 0.2) is 8.32 Å². The fourth-order valence-electron chi connectivity index (χ4n) is 5.94. The summed E-state index contributed by atoms with van der Waals surface area (Å²) in [7, 11) is -1.75. The fraction of sp³-hybridized carbons (Fsp3) is 0.543. The van der Waals surface area contributed by atoms with Crippen molar-refractivity contribution in [2.24, 2.45) is 0 Å². The van der Waals surface area contributed by atoms with Gasteiger partial charge in [0.05, 0.1) is 17.4 Å². The zero-order chi connectivity index (χ0) is 30.8. The summed E-state index contributed by atoms with van der Waals surface area (Å²) >= 11 is 0. The summed E-state index contributed by atoms with van der Waals surface area (Å²) < 4.78 is 14.8. The van der Waals surface area contributed by atoms with E-state index in [1.54, 1.807) is 6.20 Å². The van der Waals surface area contributed by atoms with Crippen LogP contribution in [0.3, 0.4) is 0 Å². The van der Waals surface area contributed by atoms with Crippen LogP contribution in [0.5, 0.6) is 5.75 Å². The molecular formula is C35H49N3O4Si. The maximum absolute atomic E-state index is 13.3. The van der Waals surface area contributed by atoms with Crippen molar-refractivity contribution >= 4 is 14.2 Å². The molecule has 232 valence electrons. The third-order valence-corrected chi connectivity index (χ3v) is 14.3. The molecule has 8 heteroatoms. The largest absolute Gasteiger partial charge is 0.490 e. The van der Waals surface area contributed by atoms with Gasteiger partial charge in [-0.2, -0.15) is 5.10 Å². The summed E-state index contributed by atoms with van der Waals surface area (Å²) in [6.45, 7) is 14.6. The van der Waals surface area contributed by atoms with Gasteiger partial charge in [-0.15, -0.1) is 0 Å². The minimum Gasteiger partial charge on any atom is -0.490 e. The number of carbonyl (C=O) groups is 1. The smallest absolute Gasteiger partial charge is 0.253 e. The minimum absolute atomic E-state index is 0.00147. The second kappa shape index (κ2) is 12.6.